The third-order valence-corrected chi connectivity index (χ3v) is 8.33. The summed E-state index contributed by atoms with van der Waals surface area (Å²) in [6.07, 6.45) is 27.8. The molecule has 0 spiro atoms. The number of benzene rings is 1. The summed E-state index contributed by atoms with van der Waals surface area (Å²) in [6.45, 7) is 4.55. The van der Waals surface area contributed by atoms with Gasteiger partial charge in [0.05, 0.1) is 0 Å². The second-order valence-corrected chi connectivity index (χ2v) is 15.7. The molecular formula is C32H57O2PS2Zn. The van der Waals surface area contributed by atoms with Crippen LogP contribution in [0.15, 0.2) is 18.2 Å². The molecule has 0 fully saturated rings. The Balaban J connectivity index is 0.0000137. The van der Waals surface area contributed by atoms with Gasteiger partial charge in [0, 0.05) is 0 Å². The summed E-state index contributed by atoms with van der Waals surface area (Å²) >= 11 is 9.98. The minimum atomic E-state index is -3.41. The molecule has 0 aromatic heterocycles. The van der Waals surface area contributed by atoms with Crippen molar-refractivity contribution >= 4 is 30.6 Å². The SMILES string of the molecule is CCCCCCCCCCCCCc1cccc(CCCCCCCCCCCCC)c1O[P+]([O-])([S-])[S-].[Zn+2]. The van der Waals surface area contributed by atoms with Crippen molar-refractivity contribution < 1.29 is 28.9 Å². The average Bonchev–Trinajstić information content (AvgIpc) is 2.86. The first-order valence-corrected chi connectivity index (χ1v) is 19.5. The normalized spacial score (nSPS) is 11.5. The molecule has 0 saturated heterocycles. The fourth-order valence-electron chi connectivity index (χ4n) is 5.22. The Morgan fingerprint density at radius 2 is 0.842 bits per heavy atom. The minimum absolute atomic E-state index is 0. The van der Waals surface area contributed by atoms with E-state index in [9.17, 15) is 4.89 Å². The molecule has 0 N–H and O–H groups in total. The Bertz CT molecular complexity index is 611. The number of hydrogen-bond donors (Lipinski definition) is 0. The first-order valence-electron chi connectivity index (χ1n) is 15.8. The molecule has 1 rings (SSSR count). The quantitative estimate of drug-likeness (QED) is 0.0440. The van der Waals surface area contributed by atoms with E-state index in [2.05, 4.69) is 32.0 Å². The fraction of sp³-hybridized carbons (Fsp3) is 0.812. The summed E-state index contributed by atoms with van der Waals surface area (Å²) in [4.78, 5) is 12.2. The van der Waals surface area contributed by atoms with Gasteiger partial charge in [0.2, 0.25) is 0 Å². The van der Waals surface area contributed by atoms with Gasteiger partial charge in [-0.15, -0.1) is 6.12 Å². The third-order valence-electron chi connectivity index (χ3n) is 7.48. The first kappa shape index (κ1) is 38.7. The Labute approximate surface area is 261 Å². The molecule has 0 unspecified atom stereocenters. The molecule has 2 nitrogen and oxygen atoms in total. The van der Waals surface area contributed by atoms with Crippen LogP contribution < -0.4 is 9.42 Å². The maximum atomic E-state index is 12.2. The molecule has 6 heteroatoms. The van der Waals surface area contributed by atoms with Crippen LogP contribution in [0.25, 0.3) is 0 Å². The summed E-state index contributed by atoms with van der Waals surface area (Å²) in [6, 6.07) is 6.33. The van der Waals surface area contributed by atoms with E-state index >= 15 is 0 Å². The molecule has 1 aromatic carbocycles. The maximum Gasteiger partial charge on any atom is 2.00 e. The van der Waals surface area contributed by atoms with E-state index in [4.69, 9.17) is 29.0 Å². The van der Waals surface area contributed by atoms with Crippen LogP contribution in [0.3, 0.4) is 0 Å². The number of rotatable bonds is 26. The monoisotopic (exact) mass is 632 g/mol. The summed E-state index contributed by atoms with van der Waals surface area (Å²) in [5, 5.41) is 0. The van der Waals surface area contributed by atoms with E-state index in [0.29, 0.717) is 0 Å². The predicted octanol–water partition coefficient (Wildman–Crippen LogP) is 10.9. The maximum absolute atomic E-state index is 12.2. The molecule has 0 radical (unpaired) electrons. The number of hydrogen-bond acceptors (Lipinski definition) is 4. The van der Waals surface area contributed by atoms with Gasteiger partial charge >= 0.3 is 19.5 Å². The van der Waals surface area contributed by atoms with Gasteiger partial charge in [-0.2, -0.15) is 0 Å². The van der Waals surface area contributed by atoms with Crippen molar-refractivity contribution in [3.05, 3.63) is 29.3 Å². The Morgan fingerprint density at radius 1 is 0.553 bits per heavy atom. The largest absolute Gasteiger partial charge is 2.00 e. The topological polar surface area (TPSA) is 32.3 Å². The van der Waals surface area contributed by atoms with Gasteiger partial charge in [-0.25, -0.2) is 0 Å². The van der Waals surface area contributed by atoms with E-state index in [1.807, 2.05) is 0 Å². The Kier molecular flexibility index (Phi) is 27.1. The standard InChI is InChI=1S/C32H59O2PS2.Zn/c1-3-5-7-9-11-13-15-17-19-21-23-26-30-28-25-29-31(32(30)34-35(33,36)37)27-24-22-20-18-16-14-12-10-8-6-4-2;/h25,28-29H,3-24,26-27H2,1-2H3,(H2,33,36,37);/q;+2/p-2. The summed E-state index contributed by atoms with van der Waals surface area (Å²) in [5.74, 6) is 0.731. The van der Waals surface area contributed by atoms with E-state index < -0.39 is 6.12 Å². The second-order valence-electron chi connectivity index (χ2n) is 11.0. The number of para-hydroxylation sites is 1. The molecule has 0 bridgehead atoms. The van der Waals surface area contributed by atoms with E-state index in [-0.39, 0.29) is 19.5 Å². The van der Waals surface area contributed by atoms with Gasteiger partial charge in [-0.3, -0.25) is 0 Å². The number of unbranched alkanes of at least 4 members (excludes halogenated alkanes) is 20. The van der Waals surface area contributed by atoms with Crippen LogP contribution in [0.1, 0.15) is 166 Å². The predicted molar refractivity (Wildman–Crippen MR) is 169 cm³/mol. The van der Waals surface area contributed by atoms with Crippen LogP contribution in [0.2, 0.25) is 0 Å². The van der Waals surface area contributed by atoms with Gasteiger partial charge in [-0.05, 0) is 36.8 Å². The zero-order valence-corrected chi connectivity index (χ0v) is 30.5. The number of aryl methyl sites for hydroxylation is 2. The van der Waals surface area contributed by atoms with Crippen molar-refractivity contribution in [2.45, 2.75) is 168 Å². The molecule has 1 aromatic rings. The van der Waals surface area contributed by atoms with Gasteiger partial charge in [0.25, 0.3) is 0 Å². The molecule has 0 amide bonds. The zero-order chi connectivity index (χ0) is 27.0. The Hall–Kier alpha value is 0.733. The van der Waals surface area contributed by atoms with E-state index in [1.54, 1.807) is 0 Å². The molecule has 0 saturated carbocycles. The molecule has 38 heavy (non-hydrogen) atoms. The van der Waals surface area contributed by atoms with Crippen LogP contribution in [0.5, 0.6) is 5.75 Å². The van der Waals surface area contributed by atoms with Crippen LogP contribution >= 0.6 is 6.12 Å². The molecule has 0 heterocycles. The average molecular weight is 634 g/mol. The molecule has 216 valence electrons. The molecule has 0 aliphatic heterocycles. The third kappa shape index (κ3) is 22.4. The smallest absolute Gasteiger partial charge is 0.682 e. The van der Waals surface area contributed by atoms with Crippen molar-refractivity contribution in [3.8, 4) is 5.75 Å². The van der Waals surface area contributed by atoms with Gasteiger partial charge in [-0.1, -0.05) is 160 Å². The van der Waals surface area contributed by atoms with E-state index in [1.165, 1.54) is 128 Å². The van der Waals surface area contributed by atoms with E-state index in [0.717, 1.165) is 42.6 Å². The van der Waals surface area contributed by atoms with Crippen molar-refractivity contribution in [2.75, 3.05) is 0 Å². The van der Waals surface area contributed by atoms with Gasteiger partial charge in [0.15, 0.2) is 5.75 Å². The Morgan fingerprint density at radius 3 is 1.13 bits per heavy atom. The molecule has 0 aliphatic rings. The minimum Gasteiger partial charge on any atom is -0.682 e. The fourth-order valence-corrected chi connectivity index (χ4v) is 6.13. The van der Waals surface area contributed by atoms with Crippen molar-refractivity contribution in [2.24, 2.45) is 0 Å². The molecule has 0 atom stereocenters. The van der Waals surface area contributed by atoms with Gasteiger partial charge in [0.1, 0.15) is 0 Å². The zero-order valence-electron chi connectivity index (χ0n) is 25.0. The summed E-state index contributed by atoms with van der Waals surface area (Å²) in [7, 11) is 0. The van der Waals surface area contributed by atoms with Crippen LogP contribution in [0.4, 0.5) is 0 Å². The first-order chi connectivity index (χ1) is 18.0. The van der Waals surface area contributed by atoms with Crippen LogP contribution in [-0.4, -0.2) is 0 Å². The van der Waals surface area contributed by atoms with Crippen molar-refractivity contribution in [1.82, 2.24) is 0 Å². The molecule has 0 aliphatic carbocycles. The second kappa shape index (κ2) is 26.6. The van der Waals surface area contributed by atoms with Gasteiger partial charge < -0.3 is 33.9 Å². The van der Waals surface area contributed by atoms with Crippen LogP contribution in [0, 0.1) is 0 Å². The van der Waals surface area contributed by atoms with Crippen molar-refractivity contribution in [1.29, 1.82) is 0 Å². The summed E-state index contributed by atoms with van der Waals surface area (Å²) < 4.78 is 5.75. The van der Waals surface area contributed by atoms with Crippen LogP contribution in [-0.2, 0) is 56.8 Å². The summed E-state index contributed by atoms with van der Waals surface area (Å²) in [5.41, 5.74) is 2.26. The molecular weight excluding hydrogens is 577 g/mol. The van der Waals surface area contributed by atoms with Crippen molar-refractivity contribution in [3.63, 3.8) is 0 Å².